The molecule has 0 aliphatic heterocycles. The van der Waals surface area contributed by atoms with E-state index < -0.39 is 0 Å². The van der Waals surface area contributed by atoms with Gasteiger partial charge in [-0.05, 0) is 61.4 Å². The summed E-state index contributed by atoms with van der Waals surface area (Å²) in [6.07, 6.45) is 3.69. The SMILES string of the molecule is CC1(C)CC1CNCCCc1cccc(N)c1. The van der Waals surface area contributed by atoms with E-state index in [0.29, 0.717) is 5.41 Å². The van der Waals surface area contributed by atoms with E-state index in [9.17, 15) is 0 Å². The van der Waals surface area contributed by atoms with Crippen LogP contribution in [0.15, 0.2) is 24.3 Å². The van der Waals surface area contributed by atoms with Crippen molar-refractivity contribution >= 4 is 5.69 Å². The molecule has 2 rings (SSSR count). The molecule has 1 unspecified atom stereocenters. The normalized spacial score (nSPS) is 21.4. The topological polar surface area (TPSA) is 38.0 Å². The number of nitrogens with two attached hydrogens (primary N) is 1. The van der Waals surface area contributed by atoms with Gasteiger partial charge in [0.15, 0.2) is 0 Å². The molecule has 0 spiro atoms. The van der Waals surface area contributed by atoms with Crippen molar-refractivity contribution in [2.75, 3.05) is 18.8 Å². The van der Waals surface area contributed by atoms with Crippen LogP contribution in [0, 0.1) is 11.3 Å². The van der Waals surface area contributed by atoms with E-state index >= 15 is 0 Å². The van der Waals surface area contributed by atoms with Crippen molar-refractivity contribution in [3.05, 3.63) is 29.8 Å². The Morgan fingerprint density at radius 3 is 2.82 bits per heavy atom. The first-order chi connectivity index (χ1) is 8.08. The molecule has 0 aromatic heterocycles. The summed E-state index contributed by atoms with van der Waals surface area (Å²) in [7, 11) is 0. The molecule has 0 heterocycles. The van der Waals surface area contributed by atoms with Crippen molar-refractivity contribution in [1.82, 2.24) is 5.32 Å². The lowest BCUT2D eigenvalue weighted by Gasteiger charge is -2.06. The third-order valence-electron chi connectivity index (χ3n) is 3.88. The molecule has 1 aliphatic rings. The summed E-state index contributed by atoms with van der Waals surface area (Å²) in [5.74, 6) is 0.898. The van der Waals surface area contributed by atoms with E-state index in [1.54, 1.807) is 0 Å². The van der Waals surface area contributed by atoms with Crippen molar-refractivity contribution < 1.29 is 0 Å². The number of nitrogens with one attached hydrogen (secondary N) is 1. The smallest absolute Gasteiger partial charge is 0.0316 e. The van der Waals surface area contributed by atoms with Crippen molar-refractivity contribution in [3.8, 4) is 0 Å². The van der Waals surface area contributed by atoms with Crippen LogP contribution in [0.5, 0.6) is 0 Å². The van der Waals surface area contributed by atoms with Gasteiger partial charge in [0.2, 0.25) is 0 Å². The number of nitrogen functional groups attached to an aromatic ring is 1. The van der Waals surface area contributed by atoms with Crippen LogP contribution in [0.4, 0.5) is 5.69 Å². The molecule has 0 bridgehead atoms. The number of benzene rings is 1. The van der Waals surface area contributed by atoms with E-state index in [1.807, 2.05) is 12.1 Å². The molecule has 0 radical (unpaired) electrons. The van der Waals surface area contributed by atoms with Crippen LogP contribution in [0.2, 0.25) is 0 Å². The number of hydrogen-bond donors (Lipinski definition) is 2. The first-order valence-corrected chi connectivity index (χ1v) is 6.63. The number of hydrogen-bond acceptors (Lipinski definition) is 2. The number of anilines is 1. The molecule has 0 amide bonds. The Labute approximate surface area is 105 Å². The molecule has 1 aromatic rings. The second-order valence-electron chi connectivity index (χ2n) is 5.94. The second kappa shape index (κ2) is 5.09. The summed E-state index contributed by atoms with van der Waals surface area (Å²) in [4.78, 5) is 0. The number of aryl methyl sites for hydroxylation is 1. The third kappa shape index (κ3) is 3.74. The molecule has 0 saturated heterocycles. The van der Waals surface area contributed by atoms with Gasteiger partial charge >= 0.3 is 0 Å². The Bertz CT molecular complexity index is 371. The van der Waals surface area contributed by atoms with Gasteiger partial charge in [0.25, 0.3) is 0 Å². The fraction of sp³-hybridized carbons (Fsp3) is 0.600. The zero-order chi connectivity index (χ0) is 12.3. The van der Waals surface area contributed by atoms with Gasteiger partial charge in [0, 0.05) is 5.69 Å². The van der Waals surface area contributed by atoms with Gasteiger partial charge in [-0.25, -0.2) is 0 Å². The van der Waals surface area contributed by atoms with Gasteiger partial charge in [0.1, 0.15) is 0 Å². The third-order valence-corrected chi connectivity index (χ3v) is 3.88. The first kappa shape index (κ1) is 12.4. The predicted octanol–water partition coefficient (Wildman–Crippen LogP) is 2.84. The highest BCUT2D eigenvalue weighted by molar-refractivity contribution is 5.40. The average Bonchev–Trinajstić information content (AvgIpc) is 2.86. The second-order valence-corrected chi connectivity index (χ2v) is 5.94. The van der Waals surface area contributed by atoms with E-state index in [1.165, 1.54) is 24.9 Å². The van der Waals surface area contributed by atoms with Crippen LogP contribution in [0.1, 0.15) is 32.3 Å². The van der Waals surface area contributed by atoms with E-state index in [2.05, 4.69) is 31.3 Å². The predicted molar refractivity (Wildman–Crippen MR) is 73.9 cm³/mol. The quantitative estimate of drug-likeness (QED) is 0.584. The van der Waals surface area contributed by atoms with Gasteiger partial charge in [-0.1, -0.05) is 26.0 Å². The maximum absolute atomic E-state index is 5.75. The standard InChI is InChI=1S/C15H24N2/c1-15(2)10-13(15)11-17-8-4-6-12-5-3-7-14(16)9-12/h3,5,7,9,13,17H,4,6,8,10-11,16H2,1-2H3. The van der Waals surface area contributed by atoms with Crippen molar-refractivity contribution in [2.24, 2.45) is 11.3 Å². The molecule has 1 fully saturated rings. The van der Waals surface area contributed by atoms with Gasteiger partial charge in [0.05, 0.1) is 0 Å². The molecule has 94 valence electrons. The molecule has 2 nitrogen and oxygen atoms in total. The molecule has 3 N–H and O–H groups in total. The monoisotopic (exact) mass is 232 g/mol. The van der Waals surface area contributed by atoms with Crippen molar-refractivity contribution in [2.45, 2.75) is 33.1 Å². The first-order valence-electron chi connectivity index (χ1n) is 6.63. The van der Waals surface area contributed by atoms with Crippen LogP contribution >= 0.6 is 0 Å². The minimum Gasteiger partial charge on any atom is -0.399 e. The average molecular weight is 232 g/mol. The van der Waals surface area contributed by atoms with Crippen LogP contribution in [-0.4, -0.2) is 13.1 Å². The molecule has 1 saturated carbocycles. The lowest BCUT2D eigenvalue weighted by atomic mass is 10.1. The Morgan fingerprint density at radius 1 is 1.41 bits per heavy atom. The van der Waals surface area contributed by atoms with Gasteiger partial charge in [-0.2, -0.15) is 0 Å². The van der Waals surface area contributed by atoms with Gasteiger partial charge < -0.3 is 11.1 Å². The fourth-order valence-corrected chi connectivity index (χ4v) is 2.37. The maximum Gasteiger partial charge on any atom is 0.0316 e. The van der Waals surface area contributed by atoms with Crippen LogP contribution in [-0.2, 0) is 6.42 Å². The summed E-state index contributed by atoms with van der Waals surface area (Å²) in [5, 5.41) is 3.56. The van der Waals surface area contributed by atoms with Gasteiger partial charge in [-0.3, -0.25) is 0 Å². The fourth-order valence-electron chi connectivity index (χ4n) is 2.37. The summed E-state index contributed by atoms with van der Waals surface area (Å²) < 4.78 is 0. The zero-order valence-electron chi connectivity index (χ0n) is 11.0. The molecule has 17 heavy (non-hydrogen) atoms. The Morgan fingerprint density at radius 2 is 2.18 bits per heavy atom. The van der Waals surface area contributed by atoms with Gasteiger partial charge in [-0.15, -0.1) is 0 Å². The van der Waals surface area contributed by atoms with Crippen LogP contribution in [0.25, 0.3) is 0 Å². The minimum absolute atomic E-state index is 0.598. The highest BCUT2D eigenvalue weighted by Crippen LogP contribution is 2.50. The van der Waals surface area contributed by atoms with Crippen LogP contribution in [0.3, 0.4) is 0 Å². The molecular formula is C15H24N2. The molecule has 1 aliphatic carbocycles. The highest BCUT2D eigenvalue weighted by Gasteiger charge is 2.44. The molecular weight excluding hydrogens is 208 g/mol. The Hall–Kier alpha value is -1.02. The molecule has 1 atom stereocenters. The Kier molecular flexibility index (Phi) is 3.72. The Balaban J connectivity index is 1.57. The van der Waals surface area contributed by atoms with Crippen molar-refractivity contribution in [3.63, 3.8) is 0 Å². The lowest BCUT2D eigenvalue weighted by molar-refractivity contribution is 0.515. The van der Waals surface area contributed by atoms with E-state index in [-0.39, 0.29) is 0 Å². The van der Waals surface area contributed by atoms with Crippen molar-refractivity contribution in [1.29, 1.82) is 0 Å². The summed E-state index contributed by atoms with van der Waals surface area (Å²) in [5.41, 5.74) is 8.57. The molecule has 1 aromatic carbocycles. The summed E-state index contributed by atoms with van der Waals surface area (Å²) in [6, 6.07) is 8.20. The van der Waals surface area contributed by atoms with E-state index in [0.717, 1.165) is 24.6 Å². The summed E-state index contributed by atoms with van der Waals surface area (Å²) in [6.45, 7) is 7.00. The lowest BCUT2D eigenvalue weighted by Crippen LogP contribution is -2.20. The number of rotatable bonds is 6. The summed E-state index contributed by atoms with van der Waals surface area (Å²) >= 11 is 0. The zero-order valence-corrected chi connectivity index (χ0v) is 11.0. The molecule has 2 heteroatoms. The van der Waals surface area contributed by atoms with Crippen LogP contribution < -0.4 is 11.1 Å². The highest BCUT2D eigenvalue weighted by atomic mass is 14.9. The maximum atomic E-state index is 5.75. The largest absolute Gasteiger partial charge is 0.399 e. The van der Waals surface area contributed by atoms with E-state index in [4.69, 9.17) is 5.73 Å². The minimum atomic E-state index is 0.598.